The molecule has 0 aromatic heterocycles. The van der Waals surface area contributed by atoms with Crippen molar-refractivity contribution in [2.24, 2.45) is 39.6 Å². The number of methoxy groups -OCH3 is 2. The number of azide groups is 2. The summed E-state index contributed by atoms with van der Waals surface area (Å²) in [6.07, 6.45) is 4.50. The van der Waals surface area contributed by atoms with Gasteiger partial charge in [0.1, 0.15) is 29.1 Å². The molecular weight excluding hydrogens is 1590 g/mol. The second-order valence-corrected chi connectivity index (χ2v) is 35.2. The van der Waals surface area contributed by atoms with Crippen LogP contribution in [-0.4, -0.2) is 275 Å². The number of nitrogens with two attached hydrogens (primary N) is 1. The van der Waals surface area contributed by atoms with Gasteiger partial charge in [0.2, 0.25) is 11.6 Å². The van der Waals surface area contributed by atoms with E-state index in [1.54, 1.807) is 98.5 Å². The summed E-state index contributed by atoms with van der Waals surface area (Å²) in [6, 6.07) is -1.64. The summed E-state index contributed by atoms with van der Waals surface area (Å²) in [6.45, 7) is 47.5. The first-order chi connectivity index (χ1) is 54.9. The van der Waals surface area contributed by atoms with E-state index in [1.807, 2.05) is 93.4 Å². The van der Waals surface area contributed by atoms with Crippen LogP contribution in [0, 0.1) is 35.5 Å². The molecule has 6 aliphatic rings. The number of carbonyl (C=O) groups is 5. The average molecular weight is 1730 g/mol. The van der Waals surface area contributed by atoms with Gasteiger partial charge in [0, 0.05) is 128 Å². The minimum Gasteiger partial charge on any atom is -0.512 e. The minimum absolute atomic E-state index is 0. The first kappa shape index (κ1) is 112. The van der Waals surface area contributed by atoms with Crippen molar-refractivity contribution in [2.45, 2.75) is 332 Å². The molecule has 2 amide bonds. The van der Waals surface area contributed by atoms with Gasteiger partial charge in [0.15, 0.2) is 40.7 Å². The van der Waals surface area contributed by atoms with Crippen molar-refractivity contribution in [1.29, 1.82) is 5.26 Å². The zero-order valence-electron chi connectivity index (χ0n) is 75.3. The largest absolute Gasteiger partial charge is 1.00 e. The van der Waals surface area contributed by atoms with Gasteiger partial charge in [0.05, 0.1) is 71.1 Å². The molecule has 0 aliphatic carbocycles. The van der Waals surface area contributed by atoms with Crippen LogP contribution in [0.3, 0.4) is 0 Å². The maximum Gasteiger partial charge on any atom is 1.00 e. The third-order valence-electron chi connectivity index (χ3n) is 23.0. The molecule has 24 atom stereocenters. The molecule has 5 N–H and O–H groups in total. The van der Waals surface area contributed by atoms with Gasteiger partial charge in [0.25, 0.3) is 0 Å². The summed E-state index contributed by atoms with van der Waals surface area (Å²) in [5.41, 5.74) is 18.3. The average Bonchev–Trinajstić information content (AvgIpc) is 1.75. The van der Waals surface area contributed by atoms with Gasteiger partial charge >= 0.3 is 53.7 Å². The van der Waals surface area contributed by atoms with Gasteiger partial charge in [-0.1, -0.05) is 63.9 Å². The van der Waals surface area contributed by atoms with E-state index in [1.165, 1.54) is 0 Å². The SMILES string of the molecule is C=CC[C@](C[C@@H](C)C=O)(OC)[C@H](O[C@@H]1OC(C)CC(N(C)C)C1P=O)[C@@H](C)C1=C(C)C(=O)OC(C)(C)O1.C=CC[C@](C[C@@H](C)CN[C@H](C)[C@H]1N(CCCCN=[N+]=[N-])C(=O)O[C@]1(C)[C@H](O)CC)(OC)[C@H](O[C@@H]1OC(C)CC(N(C)C)C1P=O)[C@@H](C)C1=C(C)C(=O)OC(C)(C)O1.CC[C@@H](O)[C@@]1(C)OC(=O)N(CCCCN=[N+]=[N-])[C@@H]1[C@@H](C)N.[B].[C-]#N.[Na+]. The number of carbonyl (C=O) groups excluding carboxylic acids is 5. The van der Waals surface area contributed by atoms with Crippen molar-refractivity contribution in [3.05, 3.63) is 75.4 Å². The molecule has 667 valence electrons. The van der Waals surface area contributed by atoms with Crippen LogP contribution in [0.5, 0.6) is 0 Å². The van der Waals surface area contributed by atoms with Crippen molar-refractivity contribution >= 4 is 55.7 Å². The second kappa shape index (κ2) is 51.1. The van der Waals surface area contributed by atoms with Gasteiger partial charge in [-0.2, -0.15) is 0 Å². The molecular formula is C81H138BN13NaO21P2. The van der Waals surface area contributed by atoms with Gasteiger partial charge in [-0.05, 0) is 184 Å². The van der Waals surface area contributed by atoms with Gasteiger partial charge < -0.3 is 105 Å². The zero-order chi connectivity index (χ0) is 89.1. The number of ether oxygens (including phenoxy) is 12. The molecule has 6 heterocycles. The van der Waals surface area contributed by atoms with Crippen LogP contribution in [0.2, 0.25) is 0 Å². The Bertz CT molecular complexity index is 3470. The van der Waals surface area contributed by atoms with Gasteiger partial charge in [-0.15, -0.1) is 13.2 Å². The van der Waals surface area contributed by atoms with Crippen LogP contribution in [0.25, 0.3) is 20.9 Å². The summed E-state index contributed by atoms with van der Waals surface area (Å²) in [4.78, 5) is 75.8. The van der Waals surface area contributed by atoms with Crippen molar-refractivity contribution in [3.8, 4) is 0 Å². The predicted octanol–water partition coefficient (Wildman–Crippen LogP) is 9.72. The number of esters is 2. The Hall–Kier alpha value is -5.40. The van der Waals surface area contributed by atoms with E-state index < -0.39 is 124 Å². The number of cyclic esters (lactones) is 4. The van der Waals surface area contributed by atoms with Crippen LogP contribution in [-0.2, 0) is 80.4 Å². The molecule has 38 heteroatoms. The number of rotatable bonds is 44. The molecule has 34 nitrogen and oxygen atoms in total. The molecule has 0 spiro atoms. The smallest absolute Gasteiger partial charge is 0.512 e. The van der Waals surface area contributed by atoms with Crippen LogP contribution in [0.4, 0.5) is 9.59 Å². The molecule has 4 saturated heterocycles. The van der Waals surface area contributed by atoms with Crippen molar-refractivity contribution < 1.29 is 130 Å². The monoisotopic (exact) mass is 1720 g/mol. The van der Waals surface area contributed by atoms with E-state index in [2.05, 4.69) is 45.5 Å². The van der Waals surface area contributed by atoms with Crippen LogP contribution in [0.15, 0.2) is 58.2 Å². The molecule has 6 rings (SSSR count). The summed E-state index contributed by atoms with van der Waals surface area (Å²) < 4.78 is 99.2. The fraction of sp³-hybridized carbons (Fsp3) is 0.827. The fourth-order valence-electron chi connectivity index (χ4n) is 17.2. The molecule has 4 fully saturated rings. The topological polar surface area (TPSA) is 443 Å². The summed E-state index contributed by atoms with van der Waals surface area (Å²) >= 11 is 0. The Kier molecular flexibility index (Phi) is 48.0. The molecule has 0 aromatic carbocycles. The molecule has 0 saturated carbocycles. The Labute approximate surface area is 733 Å². The number of aliphatic hydroxyl groups is 2. The van der Waals surface area contributed by atoms with Crippen molar-refractivity contribution in [3.63, 3.8) is 0 Å². The summed E-state index contributed by atoms with van der Waals surface area (Å²) in [7, 11) is 10.8. The molecule has 0 bridgehead atoms. The predicted molar refractivity (Wildman–Crippen MR) is 446 cm³/mol. The third kappa shape index (κ3) is 29.1. The Balaban J connectivity index is 0.000000975. The zero-order valence-corrected chi connectivity index (χ0v) is 79.1. The van der Waals surface area contributed by atoms with E-state index in [9.17, 15) is 43.3 Å². The first-order valence-corrected chi connectivity index (χ1v) is 42.4. The second-order valence-electron chi connectivity index (χ2n) is 33.6. The Morgan fingerprint density at radius 2 is 1.04 bits per heavy atom. The minimum atomic E-state index is -1.22. The van der Waals surface area contributed by atoms with E-state index in [0.717, 1.165) is 6.29 Å². The third-order valence-corrected chi connectivity index (χ3v) is 24.6. The molecule has 0 aromatic rings. The molecule has 3 radical (unpaired) electrons. The Morgan fingerprint density at radius 1 is 0.672 bits per heavy atom. The van der Waals surface area contributed by atoms with Crippen LogP contribution in [0.1, 0.15) is 202 Å². The van der Waals surface area contributed by atoms with Crippen molar-refractivity contribution in [1.82, 2.24) is 24.9 Å². The van der Waals surface area contributed by atoms with E-state index >= 15 is 0 Å². The Morgan fingerprint density at radius 3 is 1.37 bits per heavy atom. The van der Waals surface area contributed by atoms with E-state index in [-0.39, 0.29) is 109 Å². The van der Waals surface area contributed by atoms with Crippen LogP contribution >= 0.6 is 16.9 Å². The standard InChI is InChI=1S/C40H69N6O10P.C27H44NO8P.C13H25N5O3.CN.B.Na/c1-14-18-40(51-13,22-24(3)23-42-28(7)33-39(10,30(47)15-2)56-37(49)46(33)20-17-16-19-43-44-41)34(26(5)31-27(6)35(48)55-38(8,9)54-31)53-36-32(57-50)29(45(11)12)21-25(4)52-36;1-11-12-27(32-10,14-16(2)15-29)23(18(4)21-19(5)24(30)36-26(6,7)35-21)34-25-22(37-31)20(28(8)9)13-17(3)33-25;1-4-10(19)13(3)11(9(2)14)18(12(20)21-13)8-6-5-7-16-17-15;1-2;;/h14,24-26,28-30,32-34,36,42,47H,1,15-23H2,2-13H3;11,15-18,20,22-23,25H,1,12-14H2,2-10H3;9-11,19H,4-8,14H2,1-3H3;;;/q;;;-1;;+1/t24-,25?,26+,28-,29?,30-,32?,33-,34-,36+,39-,40-;16-,17?,18+,20?,22?,23-,25+,27-;9-,10-,11-,13-;;;/m111.../s1. The fourth-order valence-corrected chi connectivity index (χ4v) is 18.7. The summed E-state index contributed by atoms with van der Waals surface area (Å²) in [5.74, 6) is -4.04. The van der Waals surface area contributed by atoms with Gasteiger partial charge in [-0.25, -0.2) is 19.2 Å². The first-order valence-electron chi connectivity index (χ1n) is 40.6. The molecule has 6 aliphatic heterocycles. The molecule has 119 heavy (non-hydrogen) atoms. The molecule has 6 unspecified atom stereocenters. The number of aldehydes is 1. The number of unbranched alkanes of at least 4 members (excludes halogenated alkanes) is 2. The maximum absolute atomic E-state index is 13.3. The maximum atomic E-state index is 13.3. The number of hydrogen-bond acceptors (Lipinski definition) is 28. The van der Waals surface area contributed by atoms with E-state index in [0.29, 0.717) is 132 Å². The van der Waals surface area contributed by atoms with E-state index in [4.69, 9.17) is 85.5 Å². The quantitative estimate of drug-likeness (QED) is 0.00376. The van der Waals surface area contributed by atoms with Crippen LogP contribution < -0.4 is 40.6 Å². The number of hydrogen-bond donors (Lipinski definition) is 4. The van der Waals surface area contributed by atoms with Gasteiger partial charge in [-0.3, -0.25) is 18.9 Å². The van der Waals surface area contributed by atoms with Crippen molar-refractivity contribution in [2.75, 3.05) is 75.1 Å². The summed E-state index contributed by atoms with van der Waals surface area (Å²) in [5, 5.41) is 38.3. The number of aliphatic hydroxyl groups excluding tert-OH is 2. The number of nitrogens with one attached hydrogen (secondary N) is 1. The number of amides is 2. The number of nitrogens with zero attached hydrogens (tertiary/aromatic N) is 11. The normalized spacial score (nSPS) is 28.7.